The lowest BCUT2D eigenvalue weighted by Gasteiger charge is -2.20. The van der Waals surface area contributed by atoms with Gasteiger partial charge in [-0.3, -0.25) is 5.32 Å². The molecule has 0 heterocycles. The summed E-state index contributed by atoms with van der Waals surface area (Å²) in [6.45, 7) is 5.23. The van der Waals surface area contributed by atoms with Gasteiger partial charge in [0.15, 0.2) is 0 Å². The molecule has 1 aromatic rings. The van der Waals surface area contributed by atoms with Gasteiger partial charge in [0.05, 0.1) is 6.04 Å². The Kier molecular flexibility index (Phi) is 5.92. The lowest BCUT2D eigenvalue weighted by molar-refractivity contribution is 0.0636. The number of alkyl halides is 2. The van der Waals surface area contributed by atoms with Gasteiger partial charge in [-0.15, -0.1) is 0 Å². The molecule has 0 saturated carbocycles. The number of carbonyl (C=O) groups is 1. The first-order chi connectivity index (χ1) is 9.58. The van der Waals surface area contributed by atoms with E-state index in [4.69, 9.17) is 22.1 Å². The van der Waals surface area contributed by atoms with Gasteiger partial charge in [0, 0.05) is 10.7 Å². The summed E-state index contributed by atoms with van der Waals surface area (Å²) < 4.78 is 29.9. The Morgan fingerprint density at radius 1 is 1.43 bits per heavy atom. The van der Waals surface area contributed by atoms with Crippen LogP contribution in [-0.2, 0) is 11.2 Å². The SMILES string of the molecule is CC(C)(C)OC(=O)Nc1ccc(CC(N)C(F)F)c(Cl)c1. The highest BCUT2D eigenvalue weighted by Crippen LogP contribution is 2.23. The van der Waals surface area contributed by atoms with Crippen molar-refractivity contribution in [2.75, 3.05) is 5.32 Å². The third kappa shape index (κ3) is 6.27. The molecule has 0 bridgehead atoms. The van der Waals surface area contributed by atoms with Crippen molar-refractivity contribution in [3.05, 3.63) is 28.8 Å². The quantitative estimate of drug-likeness (QED) is 0.886. The fourth-order valence-corrected chi connectivity index (χ4v) is 1.81. The number of halogens is 3. The number of ether oxygens (including phenoxy) is 1. The summed E-state index contributed by atoms with van der Waals surface area (Å²) in [5.74, 6) is 0. The molecule has 0 aliphatic heterocycles. The Morgan fingerprint density at radius 2 is 2.05 bits per heavy atom. The molecule has 118 valence electrons. The van der Waals surface area contributed by atoms with Gasteiger partial charge >= 0.3 is 6.09 Å². The summed E-state index contributed by atoms with van der Waals surface area (Å²) in [5.41, 5.74) is 5.61. The smallest absolute Gasteiger partial charge is 0.412 e. The van der Waals surface area contributed by atoms with Gasteiger partial charge in [-0.05, 0) is 44.9 Å². The number of anilines is 1. The molecule has 3 N–H and O–H groups in total. The van der Waals surface area contributed by atoms with Crippen LogP contribution in [0.4, 0.5) is 19.3 Å². The zero-order chi connectivity index (χ0) is 16.2. The molecule has 1 atom stereocenters. The Hall–Kier alpha value is -1.40. The number of rotatable bonds is 4. The van der Waals surface area contributed by atoms with E-state index in [0.29, 0.717) is 11.3 Å². The summed E-state index contributed by atoms with van der Waals surface area (Å²) >= 11 is 6.00. The molecule has 1 amide bonds. The maximum atomic E-state index is 12.4. The predicted molar refractivity (Wildman–Crippen MR) is 79.0 cm³/mol. The standard InChI is InChI=1S/C14H19ClF2N2O2/c1-14(2,3)21-13(20)19-9-5-4-8(10(15)7-9)6-11(18)12(16)17/h4-5,7,11-12H,6,18H2,1-3H3,(H,19,20). The first-order valence-electron chi connectivity index (χ1n) is 6.40. The summed E-state index contributed by atoms with van der Waals surface area (Å²) in [6, 6.07) is 3.31. The summed E-state index contributed by atoms with van der Waals surface area (Å²) in [6.07, 6.45) is -3.26. The van der Waals surface area contributed by atoms with Crippen LogP contribution >= 0.6 is 11.6 Å². The Bertz CT molecular complexity index is 504. The molecule has 1 aromatic carbocycles. The molecule has 21 heavy (non-hydrogen) atoms. The maximum absolute atomic E-state index is 12.4. The van der Waals surface area contributed by atoms with Crippen molar-refractivity contribution >= 4 is 23.4 Å². The Labute approximate surface area is 127 Å². The molecular formula is C14H19ClF2N2O2. The van der Waals surface area contributed by atoms with E-state index in [-0.39, 0.29) is 11.4 Å². The van der Waals surface area contributed by atoms with Crippen LogP contribution in [0.15, 0.2) is 18.2 Å². The molecular weight excluding hydrogens is 302 g/mol. The minimum absolute atomic E-state index is 0.0385. The Balaban J connectivity index is 2.72. The molecule has 0 spiro atoms. The Morgan fingerprint density at radius 3 is 2.52 bits per heavy atom. The number of hydrogen-bond acceptors (Lipinski definition) is 3. The molecule has 0 saturated heterocycles. The average molecular weight is 321 g/mol. The largest absolute Gasteiger partial charge is 0.444 e. The first kappa shape index (κ1) is 17.7. The van der Waals surface area contributed by atoms with E-state index in [2.05, 4.69) is 5.32 Å². The van der Waals surface area contributed by atoms with Crippen LogP contribution < -0.4 is 11.1 Å². The zero-order valence-electron chi connectivity index (χ0n) is 12.1. The van der Waals surface area contributed by atoms with E-state index in [1.54, 1.807) is 32.9 Å². The van der Waals surface area contributed by atoms with E-state index in [1.165, 1.54) is 6.07 Å². The van der Waals surface area contributed by atoms with Crippen molar-refractivity contribution in [3.8, 4) is 0 Å². The lowest BCUT2D eigenvalue weighted by Crippen LogP contribution is -2.31. The number of benzene rings is 1. The minimum atomic E-state index is -2.61. The van der Waals surface area contributed by atoms with Crippen LogP contribution in [0.2, 0.25) is 5.02 Å². The number of nitrogens with two attached hydrogens (primary N) is 1. The van der Waals surface area contributed by atoms with E-state index < -0.39 is 24.2 Å². The molecule has 0 aliphatic carbocycles. The summed E-state index contributed by atoms with van der Waals surface area (Å²) in [5, 5.41) is 2.78. The number of amides is 1. The van der Waals surface area contributed by atoms with Crippen molar-refractivity contribution in [2.24, 2.45) is 5.73 Å². The fraction of sp³-hybridized carbons (Fsp3) is 0.500. The topological polar surface area (TPSA) is 64.3 Å². The number of carbonyl (C=O) groups excluding carboxylic acids is 1. The number of nitrogens with one attached hydrogen (secondary N) is 1. The van der Waals surface area contributed by atoms with Crippen LogP contribution in [0.5, 0.6) is 0 Å². The highest BCUT2D eigenvalue weighted by molar-refractivity contribution is 6.31. The van der Waals surface area contributed by atoms with E-state index in [0.717, 1.165) is 0 Å². The minimum Gasteiger partial charge on any atom is -0.444 e. The third-order valence-corrected chi connectivity index (χ3v) is 2.83. The molecule has 0 fully saturated rings. The maximum Gasteiger partial charge on any atom is 0.412 e. The van der Waals surface area contributed by atoms with E-state index in [1.807, 2.05) is 0 Å². The van der Waals surface area contributed by atoms with Crippen LogP contribution in [0.1, 0.15) is 26.3 Å². The second-order valence-corrected chi connectivity index (χ2v) is 6.04. The zero-order valence-corrected chi connectivity index (χ0v) is 12.9. The van der Waals surface area contributed by atoms with Crippen LogP contribution in [-0.4, -0.2) is 24.2 Å². The van der Waals surface area contributed by atoms with Gasteiger partial charge in [0.25, 0.3) is 6.43 Å². The van der Waals surface area contributed by atoms with Crippen molar-refractivity contribution in [1.29, 1.82) is 0 Å². The fourth-order valence-electron chi connectivity index (χ4n) is 1.56. The summed E-state index contributed by atoms with van der Waals surface area (Å²) in [7, 11) is 0. The van der Waals surface area contributed by atoms with E-state index >= 15 is 0 Å². The average Bonchev–Trinajstić information content (AvgIpc) is 2.29. The van der Waals surface area contributed by atoms with Crippen LogP contribution in [0, 0.1) is 0 Å². The monoisotopic (exact) mass is 320 g/mol. The van der Waals surface area contributed by atoms with Gasteiger partial charge in [-0.25, -0.2) is 13.6 Å². The molecule has 7 heteroatoms. The molecule has 0 aliphatic rings. The van der Waals surface area contributed by atoms with Crippen molar-refractivity contribution < 1.29 is 18.3 Å². The summed E-state index contributed by atoms with van der Waals surface area (Å²) in [4.78, 5) is 11.6. The molecule has 1 rings (SSSR count). The van der Waals surface area contributed by atoms with E-state index in [9.17, 15) is 13.6 Å². The van der Waals surface area contributed by atoms with Gasteiger partial charge in [0.1, 0.15) is 5.60 Å². The van der Waals surface area contributed by atoms with Crippen molar-refractivity contribution in [3.63, 3.8) is 0 Å². The first-order valence-corrected chi connectivity index (χ1v) is 6.78. The molecule has 4 nitrogen and oxygen atoms in total. The molecule has 0 radical (unpaired) electrons. The van der Waals surface area contributed by atoms with Gasteiger partial charge < -0.3 is 10.5 Å². The van der Waals surface area contributed by atoms with Gasteiger partial charge in [-0.1, -0.05) is 17.7 Å². The van der Waals surface area contributed by atoms with Crippen LogP contribution in [0.3, 0.4) is 0 Å². The second kappa shape index (κ2) is 7.04. The van der Waals surface area contributed by atoms with Gasteiger partial charge in [-0.2, -0.15) is 0 Å². The highest BCUT2D eigenvalue weighted by Gasteiger charge is 2.18. The molecule has 1 unspecified atom stereocenters. The third-order valence-electron chi connectivity index (χ3n) is 2.48. The predicted octanol–water partition coefficient (Wildman–Crippen LogP) is 3.82. The molecule has 0 aromatic heterocycles. The van der Waals surface area contributed by atoms with Crippen molar-refractivity contribution in [1.82, 2.24) is 0 Å². The highest BCUT2D eigenvalue weighted by atomic mass is 35.5. The van der Waals surface area contributed by atoms with Crippen molar-refractivity contribution in [2.45, 2.75) is 45.3 Å². The lowest BCUT2D eigenvalue weighted by atomic mass is 10.1. The van der Waals surface area contributed by atoms with Crippen LogP contribution in [0.25, 0.3) is 0 Å². The normalized spacial score (nSPS) is 13.1. The number of hydrogen-bond donors (Lipinski definition) is 2. The second-order valence-electron chi connectivity index (χ2n) is 5.64. The van der Waals surface area contributed by atoms with Gasteiger partial charge in [0.2, 0.25) is 0 Å².